The number of ketones is 1. The first-order valence-electron chi connectivity index (χ1n) is 6.45. The van der Waals surface area contributed by atoms with E-state index in [-0.39, 0.29) is 17.0 Å². The molecule has 0 heterocycles. The van der Waals surface area contributed by atoms with Gasteiger partial charge in [-0.15, -0.1) is 0 Å². The summed E-state index contributed by atoms with van der Waals surface area (Å²) in [6.07, 6.45) is 0. The summed E-state index contributed by atoms with van der Waals surface area (Å²) in [7, 11) is 0. The van der Waals surface area contributed by atoms with Crippen molar-refractivity contribution < 1.29 is 19.6 Å². The van der Waals surface area contributed by atoms with Gasteiger partial charge < -0.3 is 5.11 Å². The van der Waals surface area contributed by atoms with Gasteiger partial charge in [0.05, 0.1) is 10.5 Å². The van der Waals surface area contributed by atoms with Gasteiger partial charge in [-0.05, 0) is 43.2 Å². The second-order valence-corrected chi connectivity index (χ2v) is 4.92. The minimum Gasteiger partial charge on any atom is -0.478 e. The molecule has 2 aromatic rings. The predicted molar refractivity (Wildman–Crippen MR) is 79.4 cm³/mol. The van der Waals surface area contributed by atoms with E-state index in [0.717, 1.165) is 0 Å². The van der Waals surface area contributed by atoms with Crippen molar-refractivity contribution >= 4 is 17.4 Å². The predicted octanol–water partition coefficient (Wildman–Crippen LogP) is 3.14. The van der Waals surface area contributed by atoms with Crippen molar-refractivity contribution in [1.82, 2.24) is 0 Å². The van der Waals surface area contributed by atoms with Crippen molar-refractivity contribution in [3.8, 4) is 0 Å². The molecule has 2 aromatic carbocycles. The summed E-state index contributed by atoms with van der Waals surface area (Å²) in [6, 6.07) is 8.36. The molecule has 0 spiro atoms. The number of rotatable bonds is 4. The molecule has 0 saturated carbocycles. The fourth-order valence-corrected chi connectivity index (χ4v) is 2.22. The number of carbonyl (C=O) groups is 2. The number of non-ortho nitro benzene ring substituents is 1. The van der Waals surface area contributed by atoms with Crippen LogP contribution in [0.4, 0.5) is 5.69 Å². The molecule has 0 unspecified atom stereocenters. The highest BCUT2D eigenvalue weighted by Gasteiger charge is 2.17. The van der Waals surface area contributed by atoms with Crippen LogP contribution >= 0.6 is 0 Å². The molecule has 0 saturated heterocycles. The molecule has 6 nitrogen and oxygen atoms in total. The molecule has 0 aromatic heterocycles. The molecular weight excluding hydrogens is 286 g/mol. The van der Waals surface area contributed by atoms with Crippen molar-refractivity contribution in [3.63, 3.8) is 0 Å². The van der Waals surface area contributed by atoms with Crippen LogP contribution < -0.4 is 0 Å². The second-order valence-electron chi connectivity index (χ2n) is 4.92. The third kappa shape index (κ3) is 2.85. The van der Waals surface area contributed by atoms with Crippen LogP contribution in [0, 0.1) is 24.0 Å². The molecule has 2 rings (SSSR count). The highest BCUT2D eigenvalue weighted by Crippen LogP contribution is 2.21. The van der Waals surface area contributed by atoms with E-state index in [1.807, 2.05) is 0 Å². The number of nitro groups is 1. The van der Waals surface area contributed by atoms with Gasteiger partial charge in [0.15, 0.2) is 5.78 Å². The van der Waals surface area contributed by atoms with Crippen molar-refractivity contribution in [2.24, 2.45) is 0 Å². The van der Waals surface area contributed by atoms with Crippen LogP contribution in [0.1, 0.15) is 37.4 Å². The SMILES string of the molecule is Cc1cc(C(=O)c2ccc([N+](=O)[O-])cc2C)ccc1C(=O)O. The van der Waals surface area contributed by atoms with Gasteiger partial charge in [-0.25, -0.2) is 4.79 Å². The minimum atomic E-state index is -1.05. The van der Waals surface area contributed by atoms with Crippen LogP contribution in [0.5, 0.6) is 0 Å². The summed E-state index contributed by atoms with van der Waals surface area (Å²) in [5.74, 6) is -1.35. The Hall–Kier alpha value is -3.02. The number of nitro benzene ring substituents is 1. The maximum absolute atomic E-state index is 12.5. The second kappa shape index (κ2) is 5.77. The number of carbonyl (C=O) groups excluding carboxylic acids is 1. The first-order chi connectivity index (χ1) is 10.3. The number of carboxylic acids is 1. The molecule has 0 aliphatic heterocycles. The molecule has 0 fully saturated rings. The van der Waals surface area contributed by atoms with Crippen LogP contribution in [0.2, 0.25) is 0 Å². The van der Waals surface area contributed by atoms with Gasteiger partial charge in [0, 0.05) is 23.3 Å². The highest BCUT2D eigenvalue weighted by atomic mass is 16.6. The molecule has 0 atom stereocenters. The maximum Gasteiger partial charge on any atom is 0.335 e. The smallest absolute Gasteiger partial charge is 0.335 e. The molecule has 0 bridgehead atoms. The van der Waals surface area contributed by atoms with Gasteiger partial charge in [-0.2, -0.15) is 0 Å². The zero-order valence-corrected chi connectivity index (χ0v) is 12.0. The van der Waals surface area contributed by atoms with Crippen LogP contribution in [0.15, 0.2) is 36.4 Å². The molecule has 0 aliphatic rings. The number of carboxylic acid groups (broad SMARTS) is 1. The molecule has 1 N–H and O–H groups in total. The number of hydrogen-bond donors (Lipinski definition) is 1. The van der Waals surface area contributed by atoms with Crippen LogP contribution in [0.3, 0.4) is 0 Å². The van der Waals surface area contributed by atoms with E-state index < -0.39 is 10.9 Å². The first kappa shape index (κ1) is 15.4. The molecule has 22 heavy (non-hydrogen) atoms. The Morgan fingerprint density at radius 1 is 1.00 bits per heavy atom. The first-order valence-corrected chi connectivity index (χ1v) is 6.45. The van der Waals surface area contributed by atoms with Crippen LogP contribution in [-0.2, 0) is 0 Å². The average Bonchev–Trinajstić information content (AvgIpc) is 2.45. The van der Waals surface area contributed by atoms with Gasteiger partial charge in [0.25, 0.3) is 5.69 Å². The maximum atomic E-state index is 12.5. The van der Waals surface area contributed by atoms with Gasteiger partial charge in [0.1, 0.15) is 0 Å². The highest BCUT2D eigenvalue weighted by molar-refractivity contribution is 6.10. The Kier molecular flexibility index (Phi) is 4.03. The fraction of sp³-hybridized carbons (Fsp3) is 0.125. The van der Waals surface area contributed by atoms with Crippen molar-refractivity contribution in [1.29, 1.82) is 0 Å². The van der Waals surface area contributed by atoms with Crippen LogP contribution in [-0.4, -0.2) is 21.8 Å². The van der Waals surface area contributed by atoms with Gasteiger partial charge in [-0.1, -0.05) is 6.07 Å². The van der Waals surface area contributed by atoms with Gasteiger partial charge >= 0.3 is 5.97 Å². The molecule has 0 radical (unpaired) electrons. The van der Waals surface area contributed by atoms with Gasteiger partial charge in [-0.3, -0.25) is 14.9 Å². The van der Waals surface area contributed by atoms with E-state index in [0.29, 0.717) is 22.3 Å². The zero-order chi connectivity index (χ0) is 16.4. The van der Waals surface area contributed by atoms with Crippen molar-refractivity contribution in [3.05, 3.63) is 74.3 Å². The monoisotopic (exact) mass is 299 g/mol. The third-order valence-corrected chi connectivity index (χ3v) is 3.38. The van der Waals surface area contributed by atoms with E-state index in [1.54, 1.807) is 13.8 Å². The molecular formula is C16H13NO5. The van der Waals surface area contributed by atoms with Crippen LogP contribution in [0.25, 0.3) is 0 Å². The number of benzene rings is 2. The van der Waals surface area contributed by atoms with Crippen molar-refractivity contribution in [2.75, 3.05) is 0 Å². The van der Waals surface area contributed by atoms with E-state index in [9.17, 15) is 19.7 Å². The number of aryl methyl sites for hydroxylation is 2. The van der Waals surface area contributed by atoms with Crippen molar-refractivity contribution in [2.45, 2.75) is 13.8 Å². The average molecular weight is 299 g/mol. The largest absolute Gasteiger partial charge is 0.478 e. The number of hydrogen-bond acceptors (Lipinski definition) is 4. The number of aromatic carboxylic acids is 1. The lowest BCUT2D eigenvalue weighted by Crippen LogP contribution is -2.07. The molecule has 0 aliphatic carbocycles. The molecule has 6 heteroatoms. The lowest BCUT2D eigenvalue weighted by atomic mass is 9.96. The summed E-state index contributed by atoms with van der Waals surface area (Å²) >= 11 is 0. The molecule has 112 valence electrons. The summed E-state index contributed by atoms with van der Waals surface area (Å²) < 4.78 is 0. The summed E-state index contributed by atoms with van der Waals surface area (Å²) in [5.41, 5.74) is 1.74. The summed E-state index contributed by atoms with van der Waals surface area (Å²) in [4.78, 5) is 33.6. The normalized spacial score (nSPS) is 10.3. The van der Waals surface area contributed by atoms with E-state index >= 15 is 0 Å². The molecule has 0 amide bonds. The van der Waals surface area contributed by atoms with E-state index in [1.165, 1.54) is 36.4 Å². The standard InChI is InChI=1S/C16H13NO5/c1-9-7-11(3-5-14(9)16(19)20)15(18)13-6-4-12(17(21)22)8-10(13)2/h3-8H,1-2H3,(H,19,20). The Morgan fingerprint density at radius 3 is 2.09 bits per heavy atom. The lowest BCUT2D eigenvalue weighted by molar-refractivity contribution is -0.384. The number of nitrogens with zero attached hydrogens (tertiary/aromatic N) is 1. The Labute approximate surface area is 126 Å². The Bertz CT molecular complexity index is 795. The zero-order valence-electron chi connectivity index (χ0n) is 12.0. The Morgan fingerprint density at radius 2 is 1.59 bits per heavy atom. The summed E-state index contributed by atoms with van der Waals surface area (Å²) in [5, 5.41) is 19.7. The van der Waals surface area contributed by atoms with Gasteiger partial charge in [0.2, 0.25) is 0 Å². The van der Waals surface area contributed by atoms with E-state index in [2.05, 4.69) is 0 Å². The lowest BCUT2D eigenvalue weighted by Gasteiger charge is -2.07. The Balaban J connectivity index is 2.42. The minimum absolute atomic E-state index is 0.0774. The quantitative estimate of drug-likeness (QED) is 0.531. The summed E-state index contributed by atoms with van der Waals surface area (Å²) in [6.45, 7) is 3.24. The van der Waals surface area contributed by atoms with E-state index in [4.69, 9.17) is 5.11 Å². The topological polar surface area (TPSA) is 97.5 Å². The third-order valence-electron chi connectivity index (χ3n) is 3.38. The fourth-order valence-electron chi connectivity index (χ4n) is 2.22.